The zero-order valence-electron chi connectivity index (χ0n) is 13.8. The summed E-state index contributed by atoms with van der Waals surface area (Å²) in [6.07, 6.45) is 3.51. The van der Waals surface area contributed by atoms with E-state index in [1.807, 2.05) is 46.9 Å². The van der Waals surface area contributed by atoms with Gasteiger partial charge in [-0.15, -0.1) is 10.2 Å². The van der Waals surface area contributed by atoms with Crippen molar-refractivity contribution in [3.63, 3.8) is 0 Å². The van der Waals surface area contributed by atoms with E-state index in [9.17, 15) is 0 Å². The van der Waals surface area contributed by atoms with E-state index in [4.69, 9.17) is 11.6 Å². The molecule has 6 nitrogen and oxygen atoms in total. The first kappa shape index (κ1) is 15.0. The summed E-state index contributed by atoms with van der Waals surface area (Å²) in [7, 11) is 0. The van der Waals surface area contributed by atoms with Gasteiger partial charge in [0.1, 0.15) is 6.33 Å². The molecule has 126 valence electrons. The SMILES string of the molecule is Cc1ccccc1-c1nnc2c3cnn(-c4ccc(Cl)cc4)c3ncn12. The van der Waals surface area contributed by atoms with Crippen molar-refractivity contribution >= 4 is 28.3 Å². The number of aromatic nitrogens is 6. The van der Waals surface area contributed by atoms with Gasteiger partial charge in [-0.1, -0.05) is 35.9 Å². The second kappa shape index (κ2) is 5.64. The molecule has 0 aliphatic carbocycles. The highest BCUT2D eigenvalue weighted by atomic mass is 35.5. The molecule has 0 saturated carbocycles. The quantitative estimate of drug-likeness (QED) is 0.475. The molecule has 0 saturated heterocycles. The van der Waals surface area contributed by atoms with Crippen LogP contribution in [0.15, 0.2) is 61.1 Å². The number of hydrogen-bond acceptors (Lipinski definition) is 4. The smallest absolute Gasteiger partial charge is 0.175 e. The molecule has 0 bridgehead atoms. The lowest BCUT2D eigenvalue weighted by molar-refractivity contribution is 0.893. The van der Waals surface area contributed by atoms with Crippen molar-refractivity contribution < 1.29 is 0 Å². The van der Waals surface area contributed by atoms with Gasteiger partial charge in [0, 0.05) is 10.6 Å². The summed E-state index contributed by atoms with van der Waals surface area (Å²) in [6.45, 7) is 2.06. The van der Waals surface area contributed by atoms with Crippen molar-refractivity contribution in [1.82, 2.24) is 29.4 Å². The van der Waals surface area contributed by atoms with Crippen molar-refractivity contribution in [1.29, 1.82) is 0 Å². The number of benzene rings is 2. The third-order valence-corrected chi connectivity index (χ3v) is 4.69. The Balaban J connectivity index is 1.73. The van der Waals surface area contributed by atoms with Gasteiger partial charge in [-0.25, -0.2) is 9.67 Å². The van der Waals surface area contributed by atoms with Crippen molar-refractivity contribution in [2.24, 2.45) is 0 Å². The molecule has 7 heteroatoms. The summed E-state index contributed by atoms with van der Waals surface area (Å²) in [5.74, 6) is 0.770. The van der Waals surface area contributed by atoms with Gasteiger partial charge in [-0.2, -0.15) is 5.10 Å². The standard InChI is InChI=1S/C19H13ClN6/c1-12-4-2-3-5-15(12)18-23-24-19-16-10-22-26(17(16)21-11-25(18)19)14-8-6-13(20)7-9-14/h2-11H,1H3. The van der Waals surface area contributed by atoms with E-state index in [2.05, 4.69) is 33.3 Å². The van der Waals surface area contributed by atoms with Gasteiger partial charge >= 0.3 is 0 Å². The summed E-state index contributed by atoms with van der Waals surface area (Å²) in [6, 6.07) is 15.6. The van der Waals surface area contributed by atoms with Crippen LogP contribution in [0.2, 0.25) is 5.02 Å². The number of aryl methyl sites for hydroxylation is 1. The summed E-state index contributed by atoms with van der Waals surface area (Å²) >= 11 is 5.98. The Hall–Kier alpha value is -3.25. The summed E-state index contributed by atoms with van der Waals surface area (Å²) in [4.78, 5) is 4.61. The lowest BCUT2D eigenvalue weighted by Gasteiger charge is -2.05. The van der Waals surface area contributed by atoms with Gasteiger partial charge in [0.15, 0.2) is 17.1 Å². The predicted octanol–water partition coefficient (Wildman–Crippen LogP) is 4.09. The van der Waals surface area contributed by atoms with Gasteiger partial charge in [-0.05, 0) is 36.8 Å². The maximum atomic E-state index is 5.98. The zero-order valence-corrected chi connectivity index (χ0v) is 14.6. The highest BCUT2D eigenvalue weighted by Crippen LogP contribution is 2.26. The Morgan fingerprint density at radius 3 is 2.54 bits per heavy atom. The second-order valence-electron chi connectivity index (χ2n) is 6.05. The van der Waals surface area contributed by atoms with Crippen LogP contribution in [0, 0.1) is 6.92 Å². The van der Waals surface area contributed by atoms with Crippen LogP contribution in [-0.2, 0) is 0 Å². The highest BCUT2D eigenvalue weighted by Gasteiger charge is 2.16. The van der Waals surface area contributed by atoms with Gasteiger partial charge in [0.25, 0.3) is 0 Å². The molecular weight excluding hydrogens is 348 g/mol. The fourth-order valence-corrected chi connectivity index (χ4v) is 3.23. The minimum atomic E-state index is 0.681. The number of hydrogen-bond donors (Lipinski definition) is 0. The molecule has 0 atom stereocenters. The fourth-order valence-electron chi connectivity index (χ4n) is 3.10. The highest BCUT2D eigenvalue weighted by molar-refractivity contribution is 6.30. The largest absolute Gasteiger partial charge is 0.265 e. The Labute approximate surface area is 153 Å². The Morgan fingerprint density at radius 2 is 1.73 bits per heavy atom. The van der Waals surface area contributed by atoms with Crippen LogP contribution in [0.1, 0.15) is 5.56 Å². The molecular formula is C19H13ClN6. The minimum Gasteiger partial charge on any atom is -0.265 e. The van der Waals surface area contributed by atoms with Crippen LogP contribution in [0.3, 0.4) is 0 Å². The topological polar surface area (TPSA) is 60.9 Å². The zero-order chi connectivity index (χ0) is 17.7. The van der Waals surface area contributed by atoms with Crippen LogP contribution in [0.4, 0.5) is 0 Å². The third kappa shape index (κ3) is 2.19. The molecule has 0 aliphatic rings. The van der Waals surface area contributed by atoms with Gasteiger partial charge in [0.2, 0.25) is 0 Å². The van der Waals surface area contributed by atoms with Gasteiger partial charge in [-0.3, -0.25) is 4.40 Å². The third-order valence-electron chi connectivity index (χ3n) is 4.43. The molecule has 0 fully saturated rings. The predicted molar refractivity (Wildman–Crippen MR) is 101 cm³/mol. The second-order valence-corrected chi connectivity index (χ2v) is 6.48. The molecule has 3 aromatic heterocycles. The van der Waals surface area contributed by atoms with E-state index < -0.39 is 0 Å². The van der Waals surface area contributed by atoms with E-state index >= 15 is 0 Å². The van der Waals surface area contributed by atoms with E-state index in [0.29, 0.717) is 5.02 Å². The van der Waals surface area contributed by atoms with Crippen LogP contribution in [0.5, 0.6) is 0 Å². The number of rotatable bonds is 2. The molecule has 2 aromatic carbocycles. The van der Waals surface area contributed by atoms with E-state index in [0.717, 1.165) is 39.3 Å². The normalized spacial score (nSPS) is 11.5. The molecule has 26 heavy (non-hydrogen) atoms. The number of fused-ring (bicyclic) bond motifs is 3. The maximum absolute atomic E-state index is 5.98. The number of halogens is 1. The van der Waals surface area contributed by atoms with Gasteiger partial charge < -0.3 is 0 Å². The first-order valence-electron chi connectivity index (χ1n) is 8.12. The Morgan fingerprint density at radius 1 is 0.923 bits per heavy atom. The lowest BCUT2D eigenvalue weighted by atomic mass is 10.1. The van der Waals surface area contributed by atoms with Crippen molar-refractivity contribution in [2.45, 2.75) is 6.92 Å². The van der Waals surface area contributed by atoms with Crippen LogP contribution < -0.4 is 0 Å². The summed E-state index contributed by atoms with van der Waals surface area (Å²) < 4.78 is 3.67. The first-order chi connectivity index (χ1) is 12.7. The number of nitrogens with zero attached hydrogens (tertiary/aromatic N) is 6. The molecule has 0 spiro atoms. The Bertz CT molecular complexity index is 1250. The Kier molecular flexibility index (Phi) is 3.26. The van der Waals surface area contributed by atoms with Crippen LogP contribution in [0.25, 0.3) is 33.8 Å². The molecule has 5 aromatic rings. The fraction of sp³-hybridized carbons (Fsp3) is 0.0526. The minimum absolute atomic E-state index is 0.681. The van der Waals surface area contributed by atoms with E-state index in [-0.39, 0.29) is 0 Å². The maximum Gasteiger partial charge on any atom is 0.175 e. The average Bonchev–Trinajstić information content (AvgIpc) is 3.26. The van der Waals surface area contributed by atoms with Crippen molar-refractivity contribution in [2.75, 3.05) is 0 Å². The molecule has 3 heterocycles. The lowest BCUT2D eigenvalue weighted by Crippen LogP contribution is -1.99. The molecule has 0 unspecified atom stereocenters. The van der Waals surface area contributed by atoms with Crippen molar-refractivity contribution in [3.05, 3.63) is 71.6 Å². The van der Waals surface area contributed by atoms with Gasteiger partial charge in [0.05, 0.1) is 17.3 Å². The summed E-state index contributed by atoms with van der Waals surface area (Å²) in [5, 5.41) is 14.8. The summed E-state index contributed by atoms with van der Waals surface area (Å²) in [5.41, 5.74) is 4.52. The molecule has 0 N–H and O–H groups in total. The van der Waals surface area contributed by atoms with E-state index in [1.54, 1.807) is 17.2 Å². The first-order valence-corrected chi connectivity index (χ1v) is 8.49. The molecule has 5 rings (SSSR count). The van der Waals surface area contributed by atoms with Crippen LogP contribution in [-0.4, -0.2) is 29.4 Å². The molecule has 0 amide bonds. The molecule has 0 radical (unpaired) electrons. The van der Waals surface area contributed by atoms with Crippen LogP contribution >= 0.6 is 11.6 Å². The van der Waals surface area contributed by atoms with E-state index in [1.165, 1.54) is 0 Å². The monoisotopic (exact) mass is 360 g/mol. The average molecular weight is 361 g/mol. The molecule has 0 aliphatic heterocycles. The van der Waals surface area contributed by atoms with Crippen molar-refractivity contribution in [3.8, 4) is 17.1 Å².